The Labute approximate surface area is 150 Å². The molecule has 0 spiro atoms. The number of carbonyl (C=O) groups excluding carboxylic acids is 1. The molecule has 0 aliphatic carbocycles. The largest absolute Gasteiger partial charge is 0.271 e. The van der Waals surface area contributed by atoms with E-state index in [-0.39, 0.29) is 12.5 Å². The third kappa shape index (κ3) is 3.37. The predicted molar refractivity (Wildman–Crippen MR) is 97.3 cm³/mol. The van der Waals surface area contributed by atoms with Crippen molar-refractivity contribution >= 4 is 11.6 Å². The lowest BCUT2D eigenvalue weighted by Crippen LogP contribution is -2.28. The van der Waals surface area contributed by atoms with E-state index in [1.807, 2.05) is 61.5 Å². The number of hydrazone groups is 1. The van der Waals surface area contributed by atoms with Gasteiger partial charge in [-0.2, -0.15) is 9.90 Å². The molecule has 4 rings (SSSR count). The van der Waals surface area contributed by atoms with Crippen LogP contribution in [0.5, 0.6) is 0 Å². The summed E-state index contributed by atoms with van der Waals surface area (Å²) in [5, 5.41) is 18.2. The molecule has 0 fully saturated rings. The summed E-state index contributed by atoms with van der Waals surface area (Å²) in [4.78, 5) is 13.8. The number of hydrogen-bond acceptors (Lipinski definition) is 5. The number of aryl methyl sites for hydroxylation is 1. The van der Waals surface area contributed by atoms with Gasteiger partial charge in [0.2, 0.25) is 5.82 Å². The van der Waals surface area contributed by atoms with Crippen LogP contribution in [0, 0.1) is 6.92 Å². The van der Waals surface area contributed by atoms with Crippen LogP contribution in [0.4, 0.5) is 0 Å². The summed E-state index contributed by atoms with van der Waals surface area (Å²) in [5.41, 5.74) is 4.01. The highest BCUT2D eigenvalue weighted by Gasteiger charge is 2.22. The maximum Gasteiger partial charge on any atom is 0.266 e. The van der Waals surface area contributed by atoms with Crippen molar-refractivity contribution in [2.24, 2.45) is 5.10 Å². The average Bonchev–Trinajstić information content (AvgIpc) is 3.33. The van der Waals surface area contributed by atoms with Gasteiger partial charge in [-0.05, 0) is 17.7 Å². The fourth-order valence-corrected chi connectivity index (χ4v) is 2.80. The molecule has 2 aromatic carbocycles. The second-order valence-corrected chi connectivity index (χ2v) is 6.19. The summed E-state index contributed by atoms with van der Waals surface area (Å²) < 4.78 is 0. The van der Waals surface area contributed by atoms with Crippen LogP contribution in [0.25, 0.3) is 11.4 Å². The van der Waals surface area contributed by atoms with Gasteiger partial charge in [0, 0.05) is 12.0 Å². The number of aromatic nitrogens is 4. The number of hydrogen-bond donors (Lipinski definition) is 0. The molecule has 1 aliphatic rings. The van der Waals surface area contributed by atoms with Crippen LogP contribution >= 0.6 is 0 Å². The predicted octanol–water partition coefficient (Wildman–Crippen LogP) is 2.29. The second kappa shape index (κ2) is 6.87. The highest BCUT2D eigenvalue weighted by molar-refractivity contribution is 6.02. The summed E-state index contributed by atoms with van der Waals surface area (Å²) in [6.45, 7) is 2.61. The van der Waals surface area contributed by atoms with Gasteiger partial charge in [-0.3, -0.25) is 4.79 Å². The number of amides is 1. The lowest BCUT2D eigenvalue weighted by Gasteiger charge is -2.10. The van der Waals surface area contributed by atoms with E-state index in [1.54, 1.807) is 0 Å². The van der Waals surface area contributed by atoms with Gasteiger partial charge in [0.05, 0.1) is 12.3 Å². The first-order valence-electron chi connectivity index (χ1n) is 8.47. The van der Waals surface area contributed by atoms with Crippen molar-refractivity contribution < 1.29 is 4.79 Å². The fraction of sp³-hybridized carbons (Fsp3) is 0.211. The molecule has 0 atom stereocenters. The average molecular weight is 346 g/mol. The Hall–Kier alpha value is -3.35. The molecule has 2 heterocycles. The molecule has 26 heavy (non-hydrogen) atoms. The van der Waals surface area contributed by atoms with E-state index in [4.69, 9.17) is 0 Å². The van der Waals surface area contributed by atoms with Crippen LogP contribution in [-0.2, 0) is 11.3 Å². The molecule has 0 N–H and O–H groups in total. The van der Waals surface area contributed by atoms with Crippen LogP contribution in [0.3, 0.4) is 0 Å². The van der Waals surface area contributed by atoms with Gasteiger partial charge in [0.15, 0.2) is 0 Å². The van der Waals surface area contributed by atoms with E-state index < -0.39 is 0 Å². The van der Waals surface area contributed by atoms with E-state index in [1.165, 1.54) is 9.81 Å². The Bertz CT molecular complexity index is 946. The molecule has 0 saturated heterocycles. The van der Waals surface area contributed by atoms with Crippen molar-refractivity contribution in [3.05, 3.63) is 65.7 Å². The number of nitrogens with zero attached hydrogens (tertiary/aromatic N) is 6. The SMILES string of the molecule is Cc1ccc(-c2nnn(CC(=O)N3CCC(c4ccccc4)=N3)n2)cc1. The molecular formula is C19H18N6O. The van der Waals surface area contributed by atoms with Gasteiger partial charge in [0.25, 0.3) is 5.91 Å². The normalized spacial score (nSPS) is 13.7. The van der Waals surface area contributed by atoms with Gasteiger partial charge in [0.1, 0.15) is 6.54 Å². The first-order chi connectivity index (χ1) is 12.7. The zero-order valence-corrected chi connectivity index (χ0v) is 14.4. The van der Waals surface area contributed by atoms with Crippen molar-refractivity contribution in [3.63, 3.8) is 0 Å². The van der Waals surface area contributed by atoms with Crippen molar-refractivity contribution in [1.29, 1.82) is 0 Å². The molecule has 7 heteroatoms. The van der Waals surface area contributed by atoms with Crippen molar-refractivity contribution in [1.82, 2.24) is 25.2 Å². The quantitative estimate of drug-likeness (QED) is 0.726. The zero-order valence-electron chi connectivity index (χ0n) is 14.4. The molecule has 0 saturated carbocycles. The van der Waals surface area contributed by atoms with Gasteiger partial charge in [-0.1, -0.05) is 60.2 Å². The van der Waals surface area contributed by atoms with Gasteiger partial charge in [-0.15, -0.1) is 10.2 Å². The Morgan fingerprint density at radius 2 is 1.81 bits per heavy atom. The Balaban J connectivity index is 1.44. The third-order valence-corrected chi connectivity index (χ3v) is 4.24. The topological polar surface area (TPSA) is 76.3 Å². The molecule has 1 aliphatic heterocycles. The number of carbonyl (C=O) groups is 1. The van der Waals surface area contributed by atoms with E-state index in [0.717, 1.165) is 28.8 Å². The van der Waals surface area contributed by atoms with Crippen LogP contribution < -0.4 is 0 Å². The highest BCUT2D eigenvalue weighted by Crippen LogP contribution is 2.15. The maximum atomic E-state index is 12.5. The minimum Gasteiger partial charge on any atom is -0.271 e. The van der Waals surface area contributed by atoms with E-state index in [0.29, 0.717) is 12.4 Å². The molecule has 0 unspecified atom stereocenters. The third-order valence-electron chi connectivity index (χ3n) is 4.24. The molecule has 1 aromatic heterocycles. The highest BCUT2D eigenvalue weighted by atomic mass is 16.2. The summed E-state index contributed by atoms with van der Waals surface area (Å²) in [7, 11) is 0. The van der Waals surface area contributed by atoms with Crippen LogP contribution in [-0.4, -0.2) is 43.4 Å². The van der Waals surface area contributed by atoms with Gasteiger partial charge in [-0.25, -0.2) is 5.01 Å². The van der Waals surface area contributed by atoms with E-state index >= 15 is 0 Å². The Morgan fingerprint density at radius 3 is 2.58 bits per heavy atom. The van der Waals surface area contributed by atoms with Crippen molar-refractivity contribution in [2.75, 3.05) is 6.54 Å². The minimum absolute atomic E-state index is 0.0183. The second-order valence-electron chi connectivity index (χ2n) is 6.19. The molecular weight excluding hydrogens is 328 g/mol. The summed E-state index contributed by atoms with van der Waals surface area (Å²) in [5.74, 6) is 0.358. The molecule has 0 radical (unpaired) electrons. The monoisotopic (exact) mass is 346 g/mol. The molecule has 1 amide bonds. The Kier molecular flexibility index (Phi) is 4.27. The van der Waals surface area contributed by atoms with Crippen LogP contribution in [0.1, 0.15) is 17.5 Å². The first kappa shape index (κ1) is 16.1. The van der Waals surface area contributed by atoms with E-state index in [9.17, 15) is 4.79 Å². The Morgan fingerprint density at radius 1 is 1.04 bits per heavy atom. The number of tetrazole rings is 1. The summed E-state index contributed by atoms with van der Waals surface area (Å²) in [6.07, 6.45) is 0.745. The zero-order chi connectivity index (χ0) is 17.9. The number of benzene rings is 2. The molecule has 0 bridgehead atoms. The fourth-order valence-electron chi connectivity index (χ4n) is 2.80. The standard InChI is InChI=1S/C19H18N6O/c1-14-7-9-16(10-8-14)19-20-23-25(22-19)13-18(26)24-12-11-17(21-24)15-5-3-2-4-6-15/h2-10H,11-13H2,1H3. The maximum absolute atomic E-state index is 12.5. The molecule has 7 nitrogen and oxygen atoms in total. The van der Waals surface area contributed by atoms with Crippen LogP contribution in [0.2, 0.25) is 0 Å². The molecule has 3 aromatic rings. The number of rotatable bonds is 4. The van der Waals surface area contributed by atoms with E-state index in [2.05, 4.69) is 20.5 Å². The van der Waals surface area contributed by atoms with Crippen LogP contribution in [0.15, 0.2) is 59.7 Å². The minimum atomic E-state index is -0.149. The first-order valence-corrected chi connectivity index (χ1v) is 8.47. The van der Waals surface area contributed by atoms with Gasteiger partial charge >= 0.3 is 0 Å². The van der Waals surface area contributed by atoms with Crippen molar-refractivity contribution in [2.45, 2.75) is 19.9 Å². The lowest BCUT2D eigenvalue weighted by molar-refractivity contribution is -0.131. The summed E-state index contributed by atoms with van der Waals surface area (Å²) >= 11 is 0. The lowest BCUT2D eigenvalue weighted by atomic mass is 10.1. The van der Waals surface area contributed by atoms with Crippen molar-refractivity contribution in [3.8, 4) is 11.4 Å². The van der Waals surface area contributed by atoms with Gasteiger partial charge < -0.3 is 0 Å². The molecule has 130 valence electrons. The summed E-state index contributed by atoms with van der Waals surface area (Å²) in [6, 6.07) is 17.8. The smallest absolute Gasteiger partial charge is 0.266 e.